The highest BCUT2D eigenvalue weighted by molar-refractivity contribution is 5.77. The quantitative estimate of drug-likeness (QED) is 0.611. The van der Waals surface area contributed by atoms with Crippen LogP contribution in [0, 0.1) is 0 Å². The number of hydrazine groups is 1. The first-order chi connectivity index (χ1) is 8.20. The molecule has 1 aromatic heterocycles. The van der Waals surface area contributed by atoms with Gasteiger partial charge in [0.25, 0.3) is 0 Å². The molecule has 2 aromatic rings. The van der Waals surface area contributed by atoms with Gasteiger partial charge in [-0.05, 0) is 39.2 Å². The molecule has 17 heavy (non-hydrogen) atoms. The van der Waals surface area contributed by atoms with Crippen LogP contribution in [0.2, 0.25) is 0 Å². The van der Waals surface area contributed by atoms with Crippen LogP contribution in [0.15, 0.2) is 34.7 Å². The van der Waals surface area contributed by atoms with E-state index in [4.69, 9.17) is 10.3 Å². The molecule has 1 atom stereocenters. The van der Waals surface area contributed by atoms with Crippen LogP contribution in [0.4, 0.5) is 0 Å². The maximum atomic E-state index is 5.79. The van der Waals surface area contributed by atoms with Crippen LogP contribution in [-0.4, -0.2) is 25.5 Å². The van der Waals surface area contributed by atoms with Gasteiger partial charge in [-0.25, -0.2) is 5.43 Å². The van der Waals surface area contributed by atoms with Crippen molar-refractivity contribution < 1.29 is 4.42 Å². The lowest BCUT2D eigenvalue weighted by molar-refractivity contribution is 0.339. The molecular formula is C13H19N3O. The van der Waals surface area contributed by atoms with E-state index in [9.17, 15) is 0 Å². The highest BCUT2D eigenvalue weighted by Crippen LogP contribution is 2.25. The van der Waals surface area contributed by atoms with Crippen LogP contribution in [0.5, 0.6) is 0 Å². The Labute approximate surface area is 101 Å². The van der Waals surface area contributed by atoms with E-state index in [0.717, 1.165) is 29.7 Å². The molecule has 92 valence electrons. The van der Waals surface area contributed by atoms with Gasteiger partial charge in [0.1, 0.15) is 11.3 Å². The molecule has 0 saturated carbocycles. The molecule has 0 aliphatic heterocycles. The van der Waals surface area contributed by atoms with Crippen molar-refractivity contribution in [1.29, 1.82) is 0 Å². The fraction of sp³-hybridized carbons (Fsp3) is 0.385. The molecule has 2 rings (SSSR count). The second kappa shape index (κ2) is 5.31. The predicted octanol–water partition coefficient (Wildman–Crippen LogP) is 1.89. The molecule has 3 N–H and O–H groups in total. The molecule has 0 bridgehead atoms. The molecule has 0 radical (unpaired) electrons. The summed E-state index contributed by atoms with van der Waals surface area (Å²) < 4.78 is 5.79. The predicted molar refractivity (Wildman–Crippen MR) is 69.4 cm³/mol. The van der Waals surface area contributed by atoms with Crippen molar-refractivity contribution in [1.82, 2.24) is 10.3 Å². The smallest absolute Gasteiger partial charge is 0.134 e. The van der Waals surface area contributed by atoms with Gasteiger partial charge in [0, 0.05) is 5.39 Å². The standard InChI is InChI=1S/C13H19N3O/c1-16(2)8-7-11(15-14)13-9-10-5-3-4-6-12(10)17-13/h3-6,9,11,15H,7-8,14H2,1-2H3. The fourth-order valence-electron chi connectivity index (χ4n) is 1.87. The Morgan fingerprint density at radius 3 is 2.76 bits per heavy atom. The van der Waals surface area contributed by atoms with E-state index in [0.29, 0.717) is 0 Å². The molecule has 0 aliphatic carbocycles. The maximum absolute atomic E-state index is 5.79. The fourth-order valence-corrected chi connectivity index (χ4v) is 1.87. The van der Waals surface area contributed by atoms with Gasteiger partial charge in [0.05, 0.1) is 6.04 Å². The lowest BCUT2D eigenvalue weighted by atomic mass is 10.1. The highest BCUT2D eigenvalue weighted by atomic mass is 16.3. The molecule has 4 heteroatoms. The minimum absolute atomic E-state index is 0.0600. The zero-order valence-corrected chi connectivity index (χ0v) is 10.3. The Balaban J connectivity index is 2.18. The number of hydrogen-bond donors (Lipinski definition) is 2. The summed E-state index contributed by atoms with van der Waals surface area (Å²) >= 11 is 0. The lowest BCUT2D eigenvalue weighted by Gasteiger charge is -2.16. The van der Waals surface area contributed by atoms with Crippen molar-refractivity contribution >= 4 is 11.0 Å². The average Bonchev–Trinajstić information content (AvgIpc) is 2.72. The maximum Gasteiger partial charge on any atom is 0.134 e. The third-order valence-corrected chi connectivity index (χ3v) is 2.85. The van der Waals surface area contributed by atoms with E-state index >= 15 is 0 Å². The summed E-state index contributed by atoms with van der Waals surface area (Å²) in [5.74, 6) is 6.48. The van der Waals surface area contributed by atoms with Gasteiger partial charge in [-0.3, -0.25) is 5.84 Å². The molecule has 4 nitrogen and oxygen atoms in total. The van der Waals surface area contributed by atoms with Gasteiger partial charge in [-0.15, -0.1) is 0 Å². The molecule has 0 amide bonds. The number of nitrogens with zero attached hydrogens (tertiary/aromatic N) is 1. The first-order valence-electron chi connectivity index (χ1n) is 5.80. The van der Waals surface area contributed by atoms with Gasteiger partial charge >= 0.3 is 0 Å². The summed E-state index contributed by atoms with van der Waals surface area (Å²) in [6.45, 7) is 0.964. The minimum atomic E-state index is 0.0600. The Hall–Kier alpha value is -1.36. The van der Waals surface area contributed by atoms with E-state index in [1.165, 1.54) is 0 Å². The third kappa shape index (κ3) is 2.85. The number of benzene rings is 1. The normalized spacial score (nSPS) is 13.4. The summed E-state index contributed by atoms with van der Waals surface area (Å²) in [6, 6.07) is 10.1. The summed E-state index contributed by atoms with van der Waals surface area (Å²) in [5.41, 5.74) is 3.72. The van der Waals surface area contributed by atoms with Crippen molar-refractivity contribution in [3.8, 4) is 0 Å². The number of furan rings is 1. The van der Waals surface area contributed by atoms with Gasteiger partial charge in [0.15, 0.2) is 0 Å². The van der Waals surface area contributed by atoms with Crippen LogP contribution in [-0.2, 0) is 0 Å². The number of hydrogen-bond acceptors (Lipinski definition) is 4. The van der Waals surface area contributed by atoms with Crippen molar-refractivity contribution in [2.24, 2.45) is 5.84 Å². The van der Waals surface area contributed by atoms with E-state index in [1.807, 2.05) is 38.4 Å². The van der Waals surface area contributed by atoms with Crippen LogP contribution in [0.1, 0.15) is 18.2 Å². The SMILES string of the molecule is CN(C)CCC(NN)c1cc2ccccc2o1. The molecule has 0 spiro atoms. The summed E-state index contributed by atoms with van der Waals surface area (Å²) in [4.78, 5) is 2.13. The molecule has 1 aromatic carbocycles. The van der Waals surface area contributed by atoms with Gasteiger partial charge in [0.2, 0.25) is 0 Å². The highest BCUT2D eigenvalue weighted by Gasteiger charge is 2.14. The molecule has 1 heterocycles. The molecule has 0 aliphatic rings. The second-order valence-electron chi connectivity index (χ2n) is 4.50. The summed E-state index contributed by atoms with van der Waals surface area (Å²) in [5, 5.41) is 1.12. The van der Waals surface area contributed by atoms with Crippen LogP contribution in [0.3, 0.4) is 0 Å². The van der Waals surface area contributed by atoms with Gasteiger partial charge in [-0.2, -0.15) is 0 Å². The second-order valence-corrected chi connectivity index (χ2v) is 4.50. The zero-order chi connectivity index (χ0) is 12.3. The Morgan fingerprint density at radius 2 is 2.12 bits per heavy atom. The topological polar surface area (TPSA) is 54.4 Å². The first kappa shape index (κ1) is 12.1. The Bertz CT molecular complexity index is 445. The lowest BCUT2D eigenvalue weighted by Crippen LogP contribution is -2.30. The molecule has 1 unspecified atom stereocenters. The molecule has 0 fully saturated rings. The largest absolute Gasteiger partial charge is 0.459 e. The number of para-hydroxylation sites is 1. The van der Waals surface area contributed by atoms with Crippen LogP contribution in [0.25, 0.3) is 11.0 Å². The average molecular weight is 233 g/mol. The Morgan fingerprint density at radius 1 is 1.35 bits per heavy atom. The number of nitrogens with one attached hydrogen (secondary N) is 1. The monoisotopic (exact) mass is 233 g/mol. The van der Waals surface area contributed by atoms with Gasteiger partial charge < -0.3 is 9.32 Å². The molecule has 0 saturated heterocycles. The Kier molecular flexibility index (Phi) is 3.78. The van der Waals surface area contributed by atoms with E-state index in [1.54, 1.807) is 0 Å². The summed E-state index contributed by atoms with van der Waals surface area (Å²) in [6.07, 6.45) is 0.920. The van der Waals surface area contributed by atoms with E-state index in [-0.39, 0.29) is 6.04 Å². The van der Waals surface area contributed by atoms with E-state index < -0.39 is 0 Å². The van der Waals surface area contributed by atoms with Crippen LogP contribution < -0.4 is 11.3 Å². The number of rotatable bonds is 5. The minimum Gasteiger partial charge on any atom is -0.459 e. The first-order valence-corrected chi connectivity index (χ1v) is 5.80. The van der Waals surface area contributed by atoms with Gasteiger partial charge in [-0.1, -0.05) is 18.2 Å². The van der Waals surface area contributed by atoms with Crippen molar-refractivity contribution in [2.75, 3.05) is 20.6 Å². The van der Waals surface area contributed by atoms with Crippen molar-refractivity contribution in [3.05, 3.63) is 36.1 Å². The molecular weight excluding hydrogens is 214 g/mol. The summed E-state index contributed by atoms with van der Waals surface area (Å²) in [7, 11) is 4.10. The third-order valence-electron chi connectivity index (χ3n) is 2.85. The van der Waals surface area contributed by atoms with Crippen molar-refractivity contribution in [2.45, 2.75) is 12.5 Å². The zero-order valence-electron chi connectivity index (χ0n) is 10.3. The van der Waals surface area contributed by atoms with Crippen LogP contribution >= 0.6 is 0 Å². The van der Waals surface area contributed by atoms with E-state index in [2.05, 4.69) is 16.4 Å². The number of nitrogens with two attached hydrogens (primary N) is 1. The number of fused-ring (bicyclic) bond motifs is 1. The van der Waals surface area contributed by atoms with Crippen molar-refractivity contribution in [3.63, 3.8) is 0 Å².